The largest absolute Gasteiger partial charge is 0.311 e. The summed E-state index contributed by atoms with van der Waals surface area (Å²) in [6, 6.07) is 0. The van der Waals surface area contributed by atoms with Crippen molar-refractivity contribution in [3.63, 3.8) is 0 Å². The second kappa shape index (κ2) is 4.05. The van der Waals surface area contributed by atoms with Crippen molar-refractivity contribution in [1.82, 2.24) is 9.69 Å². The maximum Gasteiger partial charge on any atom is 0.0821 e. The minimum atomic E-state index is 0.862. The molecular formula is C6H9BrN2S. The molecule has 1 rings (SSSR count). The van der Waals surface area contributed by atoms with Crippen LogP contribution in [0.25, 0.3) is 0 Å². The zero-order valence-corrected chi connectivity index (χ0v) is 8.13. The second-order valence-electron chi connectivity index (χ2n) is 1.89. The fourth-order valence-corrected chi connectivity index (χ4v) is 1.78. The summed E-state index contributed by atoms with van der Waals surface area (Å²) < 4.78 is 5.30. The average Bonchev–Trinajstić information content (AvgIpc) is 2.31. The Hall–Kier alpha value is 0.0700. The fourth-order valence-electron chi connectivity index (χ4n) is 0.608. The first-order valence-corrected chi connectivity index (χ1v) is 4.77. The van der Waals surface area contributed by atoms with Crippen LogP contribution in [0.15, 0.2) is 9.85 Å². The molecule has 0 aromatic carbocycles. The topological polar surface area (TPSA) is 24.9 Å². The van der Waals surface area contributed by atoms with Crippen molar-refractivity contribution in [3.8, 4) is 0 Å². The molecule has 0 aliphatic rings. The number of halogens is 1. The molecule has 0 saturated heterocycles. The highest BCUT2D eigenvalue weighted by atomic mass is 79.9. The van der Waals surface area contributed by atoms with Crippen molar-refractivity contribution in [2.75, 3.05) is 6.54 Å². The predicted octanol–water partition coefficient (Wildman–Crippen LogP) is 2.02. The van der Waals surface area contributed by atoms with E-state index >= 15 is 0 Å². The predicted molar refractivity (Wildman–Crippen MR) is 47.2 cm³/mol. The summed E-state index contributed by atoms with van der Waals surface area (Å²) in [6.07, 6.45) is 0. The fraction of sp³-hybridized carbons (Fsp3) is 0.500. The van der Waals surface area contributed by atoms with Crippen molar-refractivity contribution in [2.24, 2.45) is 0 Å². The number of nitrogens with one attached hydrogen (secondary N) is 1. The van der Waals surface area contributed by atoms with Gasteiger partial charge in [0.25, 0.3) is 0 Å². The van der Waals surface area contributed by atoms with Crippen molar-refractivity contribution in [3.05, 3.63) is 15.5 Å². The third kappa shape index (κ3) is 2.04. The summed E-state index contributed by atoms with van der Waals surface area (Å²) in [5, 5.41) is 5.20. The molecule has 56 valence electrons. The van der Waals surface area contributed by atoms with E-state index in [1.807, 2.05) is 5.38 Å². The third-order valence-electron chi connectivity index (χ3n) is 1.14. The highest BCUT2D eigenvalue weighted by Gasteiger charge is 1.99. The molecule has 0 radical (unpaired) electrons. The molecule has 1 heterocycles. The van der Waals surface area contributed by atoms with Gasteiger partial charge in [-0.05, 0) is 34.0 Å². The summed E-state index contributed by atoms with van der Waals surface area (Å²) in [5.74, 6) is 0. The maximum atomic E-state index is 4.19. The number of hydrogen-bond acceptors (Lipinski definition) is 3. The van der Waals surface area contributed by atoms with Crippen molar-refractivity contribution >= 4 is 27.5 Å². The lowest BCUT2D eigenvalue weighted by Crippen LogP contribution is -2.11. The molecule has 0 atom stereocenters. The van der Waals surface area contributed by atoms with Gasteiger partial charge in [0.05, 0.1) is 10.2 Å². The minimum absolute atomic E-state index is 0.862. The van der Waals surface area contributed by atoms with Gasteiger partial charge in [-0.25, -0.2) is 0 Å². The van der Waals surface area contributed by atoms with Crippen LogP contribution in [-0.4, -0.2) is 10.9 Å². The normalized spacial score (nSPS) is 10.2. The van der Waals surface area contributed by atoms with Gasteiger partial charge in [0.15, 0.2) is 0 Å². The van der Waals surface area contributed by atoms with Crippen molar-refractivity contribution < 1.29 is 0 Å². The molecule has 0 aliphatic heterocycles. The highest BCUT2D eigenvalue weighted by molar-refractivity contribution is 9.10. The Morgan fingerprint density at radius 3 is 3.10 bits per heavy atom. The first-order chi connectivity index (χ1) is 4.84. The van der Waals surface area contributed by atoms with Crippen LogP contribution in [-0.2, 0) is 6.54 Å². The van der Waals surface area contributed by atoms with Gasteiger partial charge in [-0.3, -0.25) is 0 Å². The molecule has 0 spiro atoms. The summed E-state index contributed by atoms with van der Waals surface area (Å²) in [4.78, 5) is 0. The molecule has 0 unspecified atom stereocenters. The van der Waals surface area contributed by atoms with Gasteiger partial charge in [-0.15, -0.1) is 0 Å². The van der Waals surface area contributed by atoms with Gasteiger partial charge in [0, 0.05) is 11.9 Å². The van der Waals surface area contributed by atoms with Crippen LogP contribution in [0.3, 0.4) is 0 Å². The molecule has 1 aromatic heterocycles. The molecule has 10 heavy (non-hydrogen) atoms. The molecule has 0 bridgehead atoms. The van der Waals surface area contributed by atoms with E-state index < -0.39 is 0 Å². The monoisotopic (exact) mass is 220 g/mol. The molecule has 1 N–H and O–H groups in total. The Bertz CT molecular complexity index is 199. The Balaban J connectivity index is 2.49. The van der Waals surface area contributed by atoms with Gasteiger partial charge in [-0.2, -0.15) is 4.37 Å². The molecule has 0 aliphatic carbocycles. The average molecular weight is 221 g/mol. The van der Waals surface area contributed by atoms with Crippen LogP contribution in [0.4, 0.5) is 0 Å². The molecule has 0 fully saturated rings. The molecule has 4 heteroatoms. The summed E-state index contributed by atoms with van der Waals surface area (Å²) >= 11 is 4.88. The lowest BCUT2D eigenvalue weighted by Gasteiger charge is -1.96. The lowest BCUT2D eigenvalue weighted by atomic mass is 10.4. The molecule has 0 saturated carbocycles. The third-order valence-corrected chi connectivity index (χ3v) is 2.79. The first kappa shape index (κ1) is 8.17. The van der Waals surface area contributed by atoms with Crippen LogP contribution >= 0.6 is 27.5 Å². The van der Waals surface area contributed by atoms with Crippen molar-refractivity contribution in [2.45, 2.75) is 13.5 Å². The van der Waals surface area contributed by atoms with Crippen LogP contribution in [0, 0.1) is 0 Å². The van der Waals surface area contributed by atoms with Crippen molar-refractivity contribution in [1.29, 1.82) is 0 Å². The zero-order chi connectivity index (χ0) is 7.40. The van der Waals surface area contributed by atoms with Gasteiger partial charge < -0.3 is 5.32 Å². The Kier molecular flexibility index (Phi) is 3.31. The lowest BCUT2D eigenvalue weighted by molar-refractivity contribution is 0.714. The van der Waals surface area contributed by atoms with Gasteiger partial charge in [0.1, 0.15) is 0 Å². The molecular weight excluding hydrogens is 212 g/mol. The zero-order valence-electron chi connectivity index (χ0n) is 5.72. The van der Waals surface area contributed by atoms with Crippen LogP contribution < -0.4 is 5.32 Å². The number of aromatic nitrogens is 1. The number of hydrogen-bond donors (Lipinski definition) is 1. The highest BCUT2D eigenvalue weighted by Crippen LogP contribution is 2.16. The smallest absolute Gasteiger partial charge is 0.0821 e. The quantitative estimate of drug-likeness (QED) is 0.844. The standard InChI is InChI=1S/C6H9BrN2S/c1-2-8-3-6-5(7)4-10-9-6/h4,8H,2-3H2,1H3. The van der Waals surface area contributed by atoms with Gasteiger partial charge >= 0.3 is 0 Å². The minimum Gasteiger partial charge on any atom is -0.311 e. The summed E-state index contributed by atoms with van der Waals surface area (Å²) in [7, 11) is 0. The first-order valence-electron chi connectivity index (χ1n) is 3.14. The van der Waals surface area contributed by atoms with E-state index in [0.717, 1.165) is 23.3 Å². The van der Waals surface area contributed by atoms with E-state index in [1.54, 1.807) is 0 Å². The van der Waals surface area contributed by atoms with Crippen LogP contribution in [0.1, 0.15) is 12.6 Å². The van der Waals surface area contributed by atoms with Gasteiger partial charge in [-0.1, -0.05) is 6.92 Å². The maximum absolute atomic E-state index is 4.19. The second-order valence-corrected chi connectivity index (χ2v) is 3.37. The molecule has 1 aromatic rings. The Labute approximate surface area is 72.9 Å². The van der Waals surface area contributed by atoms with E-state index in [-0.39, 0.29) is 0 Å². The van der Waals surface area contributed by atoms with E-state index in [1.165, 1.54) is 11.5 Å². The van der Waals surface area contributed by atoms with E-state index in [4.69, 9.17) is 0 Å². The van der Waals surface area contributed by atoms with Crippen LogP contribution in [0.5, 0.6) is 0 Å². The van der Waals surface area contributed by atoms with E-state index in [0.29, 0.717) is 0 Å². The summed E-state index contributed by atoms with van der Waals surface area (Å²) in [6.45, 7) is 3.94. The van der Waals surface area contributed by atoms with E-state index in [2.05, 4.69) is 32.5 Å². The van der Waals surface area contributed by atoms with Gasteiger partial charge in [0.2, 0.25) is 0 Å². The Morgan fingerprint density at radius 2 is 2.60 bits per heavy atom. The molecule has 2 nitrogen and oxygen atoms in total. The van der Waals surface area contributed by atoms with Crippen LogP contribution in [0.2, 0.25) is 0 Å². The van der Waals surface area contributed by atoms with E-state index in [9.17, 15) is 0 Å². The summed E-state index contributed by atoms with van der Waals surface area (Å²) in [5.41, 5.74) is 1.10. The number of rotatable bonds is 3. The number of nitrogens with zero attached hydrogens (tertiary/aromatic N) is 1. The SMILES string of the molecule is CCNCc1nscc1Br. The Morgan fingerprint density at radius 1 is 1.80 bits per heavy atom. The molecule has 0 amide bonds.